The zero-order valence-electron chi connectivity index (χ0n) is 20.7. The van der Waals surface area contributed by atoms with Crippen LogP contribution < -0.4 is 16.0 Å². The number of nitrogens with zero attached hydrogens (tertiary/aromatic N) is 3. The number of carbonyl (C=O) groups is 3. The number of halogens is 1. The van der Waals surface area contributed by atoms with Crippen molar-refractivity contribution in [3.63, 3.8) is 0 Å². The molecule has 2 aromatic heterocycles. The van der Waals surface area contributed by atoms with Crippen LogP contribution in [0.1, 0.15) is 43.6 Å². The number of methoxy groups -OCH3 is 1. The molecule has 192 valence electrons. The molecule has 0 saturated carbocycles. The van der Waals surface area contributed by atoms with Crippen LogP contribution in [0.15, 0.2) is 36.8 Å². The van der Waals surface area contributed by atoms with E-state index in [-0.39, 0.29) is 6.54 Å². The third-order valence-electron chi connectivity index (χ3n) is 5.02. The minimum Gasteiger partial charge on any atom is -0.467 e. The second kappa shape index (κ2) is 11.5. The van der Waals surface area contributed by atoms with Crippen LogP contribution in [0.25, 0.3) is 5.65 Å². The molecule has 0 fully saturated rings. The summed E-state index contributed by atoms with van der Waals surface area (Å²) in [5, 5.41) is 8.39. The van der Waals surface area contributed by atoms with E-state index >= 15 is 0 Å². The largest absolute Gasteiger partial charge is 0.467 e. The minimum atomic E-state index is -1.10. The molecule has 1 atom stereocenters. The van der Waals surface area contributed by atoms with Crippen molar-refractivity contribution < 1.29 is 23.9 Å². The third-order valence-corrected chi connectivity index (χ3v) is 5.82. The first-order chi connectivity index (χ1) is 17.0. The van der Waals surface area contributed by atoms with Crippen molar-refractivity contribution in [1.82, 2.24) is 25.0 Å². The smallest absolute Gasteiger partial charge is 0.407 e. The van der Waals surface area contributed by atoms with Gasteiger partial charge in [0.05, 0.1) is 19.9 Å². The SMILES string of the molecule is CCc1cc(Nc2nccn3c(I)cnc23)ccc1C(=O)NC(CNC(=O)OC(C)(C)C)C(=O)OC. The zero-order chi connectivity index (χ0) is 26.5. The number of imidazole rings is 1. The Labute approximate surface area is 222 Å². The van der Waals surface area contributed by atoms with Gasteiger partial charge >= 0.3 is 12.1 Å². The highest BCUT2D eigenvalue weighted by Crippen LogP contribution is 2.23. The van der Waals surface area contributed by atoms with Crippen molar-refractivity contribution in [2.75, 3.05) is 19.0 Å². The van der Waals surface area contributed by atoms with Crippen LogP contribution >= 0.6 is 22.6 Å². The fourth-order valence-electron chi connectivity index (χ4n) is 3.37. The van der Waals surface area contributed by atoms with E-state index < -0.39 is 29.6 Å². The number of benzene rings is 1. The van der Waals surface area contributed by atoms with Crippen molar-refractivity contribution in [2.24, 2.45) is 0 Å². The van der Waals surface area contributed by atoms with Crippen LogP contribution in [-0.4, -0.2) is 57.6 Å². The molecule has 0 radical (unpaired) electrons. The predicted molar refractivity (Wildman–Crippen MR) is 142 cm³/mol. The van der Waals surface area contributed by atoms with Gasteiger partial charge in [0.25, 0.3) is 5.91 Å². The average Bonchev–Trinajstić information content (AvgIpc) is 3.21. The molecule has 0 aliphatic rings. The molecule has 3 rings (SSSR count). The molecule has 11 nitrogen and oxygen atoms in total. The minimum absolute atomic E-state index is 0.187. The number of amides is 2. The summed E-state index contributed by atoms with van der Waals surface area (Å²) in [4.78, 5) is 46.1. The van der Waals surface area contributed by atoms with Crippen LogP contribution in [-0.2, 0) is 20.7 Å². The first-order valence-corrected chi connectivity index (χ1v) is 12.3. The molecule has 12 heteroatoms. The van der Waals surface area contributed by atoms with Gasteiger partial charge in [0.15, 0.2) is 11.5 Å². The van der Waals surface area contributed by atoms with Crippen LogP contribution in [0, 0.1) is 3.70 Å². The van der Waals surface area contributed by atoms with Gasteiger partial charge in [0, 0.05) is 23.6 Å². The van der Waals surface area contributed by atoms with Gasteiger partial charge in [-0.1, -0.05) is 6.92 Å². The standard InChI is InChI=1S/C24H29IN6O5/c1-6-14-11-15(29-19-20-27-13-18(25)31(20)10-9-26-19)7-8-16(14)21(32)30-17(22(33)35-5)12-28-23(34)36-24(2,3)4/h7-11,13,17H,6,12H2,1-5H3,(H,26,29)(H,28,34)(H,30,32). The molecule has 0 aliphatic carbocycles. The predicted octanol–water partition coefficient (Wildman–Crippen LogP) is 3.44. The van der Waals surface area contributed by atoms with E-state index in [0.29, 0.717) is 23.4 Å². The molecule has 0 bridgehead atoms. The highest BCUT2D eigenvalue weighted by Gasteiger charge is 2.25. The van der Waals surface area contributed by atoms with E-state index in [1.54, 1.807) is 45.3 Å². The highest BCUT2D eigenvalue weighted by atomic mass is 127. The second-order valence-electron chi connectivity index (χ2n) is 8.83. The summed E-state index contributed by atoms with van der Waals surface area (Å²) >= 11 is 2.19. The van der Waals surface area contributed by atoms with Gasteiger partial charge < -0.3 is 25.4 Å². The van der Waals surface area contributed by atoms with Gasteiger partial charge in [0.2, 0.25) is 0 Å². The molecule has 0 spiro atoms. The average molecular weight is 608 g/mol. The van der Waals surface area contributed by atoms with E-state index in [0.717, 1.165) is 15.0 Å². The first-order valence-electron chi connectivity index (χ1n) is 11.3. The maximum absolute atomic E-state index is 13.1. The number of aryl methyl sites for hydroxylation is 1. The van der Waals surface area contributed by atoms with Gasteiger partial charge in [-0.2, -0.15) is 0 Å². The number of rotatable bonds is 8. The maximum atomic E-state index is 13.1. The number of nitrogens with one attached hydrogen (secondary N) is 3. The molecule has 0 aliphatic heterocycles. The Hall–Kier alpha value is -3.42. The number of anilines is 2. The summed E-state index contributed by atoms with van der Waals surface area (Å²) in [5.41, 5.74) is 1.87. The lowest BCUT2D eigenvalue weighted by molar-refractivity contribution is -0.142. The van der Waals surface area contributed by atoms with Gasteiger partial charge in [-0.05, 0) is 73.5 Å². The summed E-state index contributed by atoms with van der Waals surface area (Å²) < 4.78 is 12.8. The molecule has 1 aromatic carbocycles. The van der Waals surface area contributed by atoms with Crippen LogP contribution in [0.5, 0.6) is 0 Å². The Kier molecular flexibility index (Phi) is 8.71. The maximum Gasteiger partial charge on any atom is 0.407 e. The summed E-state index contributed by atoms with van der Waals surface area (Å²) in [7, 11) is 1.21. The Bertz CT molecular complexity index is 1270. The number of alkyl carbamates (subject to hydrolysis) is 1. The van der Waals surface area contributed by atoms with Crippen molar-refractivity contribution in [3.05, 3.63) is 51.6 Å². The number of fused-ring (bicyclic) bond motifs is 1. The number of esters is 1. The number of hydrogen-bond acceptors (Lipinski definition) is 8. The number of aromatic nitrogens is 3. The summed E-state index contributed by atoms with van der Waals surface area (Å²) in [6.45, 7) is 6.91. The van der Waals surface area contributed by atoms with E-state index in [9.17, 15) is 14.4 Å². The molecule has 1 unspecified atom stereocenters. The Morgan fingerprint density at radius 1 is 1.19 bits per heavy atom. The number of hydrogen-bond donors (Lipinski definition) is 3. The molecule has 2 heterocycles. The van der Waals surface area contributed by atoms with Crippen molar-refractivity contribution in [1.29, 1.82) is 0 Å². The zero-order valence-corrected chi connectivity index (χ0v) is 22.9. The molecule has 2 amide bonds. The molecular weight excluding hydrogens is 579 g/mol. The topological polar surface area (TPSA) is 136 Å². The Morgan fingerprint density at radius 2 is 1.94 bits per heavy atom. The molecular formula is C24H29IN6O5. The van der Waals surface area contributed by atoms with Crippen molar-refractivity contribution in [3.8, 4) is 0 Å². The lowest BCUT2D eigenvalue weighted by Gasteiger charge is -2.22. The lowest BCUT2D eigenvalue weighted by Crippen LogP contribution is -2.49. The normalized spacial score (nSPS) is 12.1. The van der Waals surface area contributed by atoms with E-state index in [2.05, 4.69) is 48.5 Å². The summed E-state index contributed by atoms with van der Waals surface area (Å²) in [6, 6.07) is 4.17. The molecule has 3 N–H and O–H groups in total. The van der Waals surface area contributed by atoms with Crippen molar-refractivity contribution >= 4 is 57.7 Å². The van der Waals surface area contributed by atoms with Gasteiger partial charge in [-0.3, -0.25) is 9.20 Å². The van der Waals surface area contributed by atoms with Gasteiger partial charge in [0.1, 0.15) is 15.3 Å². The van der Waals surface area contributed by atoms with Gasteiger partial charge in [-0.25, -0.2) is 19.6 Å². The monoisotopic (exact) mass is 608 g/mol. The van der Waals surface area contributed by atoms with Crippen LogP contribution in [0.2, 0.25) is 0 Å². The molecule has 0 saturated heterocycles. The highest BCUT2D eigenvalue weighted by molar-refractivity contribution is 14.1. The third kappa shape index (κ3) is 6.83. The quantitative estimate of drug-likeness (QED) is 0.262. The summed E-state index contributed by atoms with van der Waals surface area (Å²) in [6.07, 6.45) is 5.13. The molecule has 36 heavy (non-hydrogen) atoms. The lowest BCUT2D eigenvalue weighted by atomic mass is 10.0. The Morgan fingerprint density at radius 3 is 2.61 bits per heavy atom. The number of ether oxygens (including phenoxy) is 2. The van der Waals surface area contributed by atoms with Crippen LogP contribution in [0.4, 0.5) is 16.3 Å². The van der Waals surface area contributed by atoms with E-state index in [4.69, 9.17) is 9.47 Å². The fraction of sp³-hybridized carbons (Fsp3) is 0.375. The molecule has 3 aromatic rings. The second-order valence-corrected chi connectivity index (χ2v) is 9.94. The van der Waals surface area contributed by atoms with Gasteiger partial charge in [-0.15, -0.1) is 0 Å². The first kappa shape index (κ1) is 27.2. The van der Waals surface area contributed by atoms with Crippen LogP contribution in [0.3, 0.4) is 0 Å². The Balaban J connectivity index is 1.75. The summed E-state index contributed by atoms with van der Waals surface area (Å²) in [5.74, 6) is -0.578. The van der Waals surface area contributed by atoms with E-state index in [1.165, 1.54) is 7.11 Å². The van der Waals surface area contributed by atoms with E-state index in [1.807, 2.05) is 23.6 Å². The fourth-order valence-corrected chi connectivity index (χ4v) is 3.90. The van der Waals surface area contributed by atoms with Crippen molar-refractivity contribution in [2.45, 2.75) is 45.8 Å². The number of carbonyl (C=O) groups excluding carboxylic acids is 3.